The second kappa shape index (κ2) is 7.98. The molecule has 4 rings (SSSR count). The number of amides is 3. The van der Waals surface area contributed by atoms with Gasteiger partial charge in [0, 0.05) is 6.07 Å². The van der Waals surface area contributed by atoms with Crippen LogP contribution in [0.2, 0.25) is 0 Å². The maximum absolute atomic E-state index is 13.9. The van der Waals surface area contributed by atoms with Gasteiger partial charge in [0.05, 0.1) is 36.0 Å². The van der Waals surface area contributed by atoms with Crippen molar-refractivity contribution in [3.8, 4) is 5.75 Å². The van der Waals surface area contributed by atoms with Crippen molar-refractivity contribution in [2.45, 2.75) is 6.54 Å². The van der Waals surface area contributed by atoms with Gasteiger partial charge in [0.15, 0.2) is 0 Å². The summed E-state index contributed by atoms with van der Waals surface area (Å²) in [6.07, 6.45) is 0. The zero-order chi connectivity index (χ0) is 22.1. The van der Waals surface area contributed by atoms with Crippen LogP contribution in [-0.2, 0) is 6.54 Å². The van der Waals surface area contributed by atoms with Gasteiger partial charge in [-0.1, -0.05) is 18.2 Å². The Morgan fingerprint density at radius 2 is 1.65 bits per heavy atom. The molecule has 0 unspecified atom stereocenters. The number of carbonyl (C=O) groups is 3. The summed E-state index contributed by atoms with van der Waals surface area (Å²) in [5.74, 6) is -3.00. The largest absolute Gasteiger partial charge is 0.496 e. The molecular formula is C23H16F2N2O4. The molecule has 0 radical (unpaired) electrons. The fourth-order valence-corrected chi connectivity index (χ4v) is 3.38. The number of anilines is 1. The van der Waals surface area contributed by atoms with Crippen LogP contribution >= 0.6 is 0 Å². The fourth-order valence-electron chi connectivity index (χ4n) is 3.38. The average Bonchev–Trinajstić information content (AvgIpc) is 3.00. The van der Waals surface area contributed by atoms with Crippen molar-refractivity contribution in [3.05, 3.63) is 94.6 Å². The molecule has 0 fully saturated rings. The minimum atomic E-state index is -0.922. The van der Waals surface area contributed by atoms with Gasteiger partial charge in [0.1, 0.15) is 17.4 Å². The molecule has 0 spiro atoms. The molecule has 0 saturated carbocycles. The summed E-state index contributed by atoms with van der Waals surface area (Å²) >= 11 is 0. The maximum atomic E-state index is 13.9. The first-order chi connectivity index (χ1) is 14.9. The number of benzene rings is 3. The Morgan fingerprint density at radius 1 is 0.968 bits per heavy atom. The molecule has 3 aromatic carbocycles. The molecule has 0 bridgehead atoms. The minimum Gasteiger partial charge on any atom is -0.496 e. The maximum Gasteiger partial charge on any atom is 0.261 e. The molecule has 3 amide bonds. The van der Waals surface area contributed by atoms with Crippen LogP contribution in [0.5, 0.6) is 5.75 Å². The van der Waals surface area contributed by atoms with Crippen molar-refractivity contribution >= 4 is 23.4 Å². The summed E-state index contributed by atoms with van der Waals surface area (Å²) in [7, 11) is 1.37. The van der Waals surface area contributed by atoms with E-state index in [9.17, 15) is 23.2 Å². The zero-order valence-electron chi connectivity index (χ0n) is 16.3. The second-order valence-corrected chi connectivity index (χ2v) is 6.85. The summed E-state index contributed by atoms with van der Waals surface area (Å²) < 4.78 is 32.2. The molecule has 8 heteroatoms. The highest BCUT2D eigenvalue weighted by Crippen LogP contribution is 2.27. The number of fused-ring (bicyclic) bond motifs is 1. The van der Waals surface area contributed by atoms with Gasteiger partial charge in [-0.25, -0.2) is 8.78 Å². The van der Waals surface area contributed by atoms with E-state index in [1.807, 2.05) is 0 Å². The quantitative estimate of drug-likeness (QED) is 0.630. The molecule has 31 heavy (non-hydrogen) atoms. The minimum absolute atomic E-state index is 0.0540. The highest BCUT2D eigenvalue weighted by Gasteiger charge is 2.35. The van der Waals surface area contributed by atoms with Gasteiger partial charge < -0.3 is 10.1 Å². The Morgan fingerprint density at radius 3 is 2.26 bits per heavy atom. The second-order valence-electron chi connectivity index (χ2n) is 6.85. The van der Waals surface area contributed by atoms with Crippen molar-refractivity contribution in [2.24, 2.45) is 0 Å². The molecule has 0 atom stereocenters. The Hall–Kier alpha value is -4.07. The lowest BCUT2D eigenvalue weighted by Gasteiger charge is -2.16. The van der Waals surface area contributed by atoms with Crippen molar-refractivity contribution in [3.63, 3.8) is 0 Å². The van der Waals surface area contributed by atoms with Crippen LogP contribution in [0.4, 0.5) is 14.5 Å². The molecule has 156 valence electrons. The molecule has 6 nitrogen and oxygen atoms in total. The lowest BCUT2D eigenvalue weighted by Crippen LogP contribution is -2.29. The topological polar surface area (TPSA) is 75.7 Å². The molecule has 3 aromatic rings. The number of halogens is 2. The number of methoxy groups -OCH3 is 1. The van der Waals surface area contributed by atoms with Crippen LogP contribution < -0.4 is 10.1 Å². The highest BCUT2D eigenvalue weighted by atomic mass is 19.1. The highest BCUT2D eigenvalue weighted by molar-refractivity contribution is 6.21. The lowest BCUT2D eigenvalue weighted by molar-refractivity contribution is 0.0642. The van der Waals surface area contributed by atoms with Crippen molar-refractivity contribution in [2.75, 3.05) is 12.4 Å². The van der Waals surface area contributed by atoms with E-state index in [1.165, 1.54) is 19.2 Å². The van der Waals surface area contributed by atoms with Crippen LogP contribution in [0, 0.1) is 11.6 Å². The molecule has 1 aliphatic rings. The first-order valence-corrected chi connectivity index (χ1v) is 9.27. The van der Waals surface area contributed by atoms with Gasteiger partial charge >= 0.3 is 0 Å². The van der Waals surface area contributed by atoms with E-state index < -0.39 is 29.4 Å². The van der Waals surface area contributed by atoms with Gasteiger partial charge in [-0.15, -0.1) is 0 Å². The summed E-state index contributed by atoms with van der Waals surface area (Å²) in [4.78, 5) is 39.0. The van der Waals surface area contributed by atoms with E-state index in [-0.39, 0.29) is 23.5 Å². The fraction of sp³-hybridized carbons (Fsp3) is 0.0870. The van der Waals surface area contributed by atoms with Crippen molar-refractivity contribution in [1.29, 1.82) is 0 Å². The van der Waals surface area contributed by atoms with Gasteiger partial charge in [-0.2, -0.15) is 0 Å². The Kier molecular flexibility index (Phi) is 5.21. The normalized spacial score (nSPS) is 12.7. The molecule has 1 N–H and O–H groups in total. The van der Waals surface area contributed by atoms with Crippen molar-refractivity contribution in [1.82, 2.24) is 4.90 Å². The molecule has 0 aliphatic carbocycles. The molecule has 1 aliphatic heterocycles. The first-order valence-electron chi connectivity index (χ1n) is 9.27. The van der Waals surface area contributed by atoms with Crippen LogP contribution in [0.15, 0.2) is 60.7 Å². The third-order valence-corrected chi connectivity index (χ3v) is 4.91. The van der Waals surface area contributed by atoms with E-state index in [0.29, 0.717) is 22.8 Å². The summed E-state index contributed by atoms with van der Waals surface area (Å²) in [6, 6.07) is 13.9. The van der Waals surface area contributed by atoms with Crippen LogP contribution in [-0.4, -0.2) is 29.7 Å². The van der Waals surface area contributed by atoms with Gasteiger partial charge in [0.2, 0.25) is 0 Å². The van der Waals surface area contributed by atoms with Crippen LogP contribution in [0.1, 0.15) is 36.6 Å². The third kappa shape index (κ3) is 3.75. The van der Waals surface area contributed by atoms with Gasteiger partial charge in [-0.3, -0.25) is 19.3 Å². The zero-order valence-corrected chi connectivity index (χ0v) is 16.3. The third-order valence-electron chi connectivity index (χ3n) is 4.91. The summed E-state index contributed by atoms with van der Waals surface area (Å²) in [5, 5.41) is 2.37. The molecule has 0 saturated heterocycles. The first kappa shape index (κ1) is 20.2. The molecule has 0 aromatic heterocycles. The predicted octanol–water partition coefficient (Wildman–Crippen LogP) is 4.02. The van der Waals surface area contributed by atoms with E-state index in [0.717, 1.165) is 17.0 Å². The molecular weight excluding hydrogens is 406 g/mol. The number of nitrogens with zero attached hydrogens (tertiary/aromatic N) is 1. The van der Waals surface area contributed by atoms with E-state index in [1.54, 1.807) is 30.3 Å². The number of imide groups is 1. The number of nitrogens with one attached hydrogen (secondary N) is 1. The number of hydrogen-bond donors (Lipinski definition) is 1. The SMILES string of the molecule is COc1ccc(CN2C(=O)c3ccccc3C2=O)cc1C(=O)Nc1ccc(F)cc1F. The number of carbonyl (C=O) groups excluding carboxylic acids is 3. The Bertz CT molecular complexity index is 1190. The van der Waals surface area contributed by atoms with E-state index in [2.05, 4.69) is 5.32 Å². The lowest BCUT2D eigenvalue weighted by atomic mass is 10.1. The van der Waals surface area contributed by atoms with E-state index in [4.69, 9.17) is 4.74 Å². The predicted molar refractivity (Wildman–Crippen MR) is 108 cm³/mol. The summed E-state index contributed by atoms with van der Waals surface area (Å²) in [5.41, 5.74) is 1.02. The number of rotatable bonds is 5. The van der Waals surface area contributed by atoms with Gasteiger partial charge in [0.25, 0.3) is 17.7 Å². The standard InChI is InChI=1S/C23H16F2N2O4/c1-31-20-9-6-13(12-27-22(29)15-4-2-3-5-16(15)23(27)30)10-17(20)21(28)26-19-8-7-14(24)11-18(19)25/h2-11H,12H2,1H3,(H,26,28). The number of ether oxygens (including phenoxy) is 1. The van der Waals surface area contributed by atoms with E-state index >= 15 is 0 Å². The smallest absolute Gasteiger partial charge is 0.261 e. The average molecular weight is 422 g/mol. The monoisotopic (exact) mass is 422 g/mol. The van der Waals surface area contributed by atoms with Crippen LogP contribution in [0.3, 0.4) is 0 Å². The number of hydrogen-bond acceptors (Lipinski definition) is 4. The summed E-state index contributed by atoms with van der Waals surface area (Å²) in [6.45, 7) is -0.0540. The van der Waals surface area contributed by atoms with Crippen LogP contribution in [0.25, 0.3) is 0 Å². The van der Waals surface area contributed by atoms with Gasteiger partial charge in [-0.05, 0) is 42.0 Å². The Balaban J connectivity index is 1.60. The van der Waals surface area contributed by atoms with Crippen molar-refractivity contribution < 1.29 is 27.9 Å². The Labute approximate surface area is 176 Å². The molecule has 1 heterocycles.